The van der Waals surface area contributed by atoms with E-state index in [1.165, 1.54) is 43.9 Å². The van der Waals surface area contributed by atoms with E-state index < -0.39 is 0 Å². The molecule has 1 aliphatic carbocycles. The van der Waals surface area contributed by atoms with Crippen molar-refractivity contribution >= 4 is 22.7 Å². The Balaban J connectivity index is 2.62. The van der Waals surface area contributed by atoms with Crippen LogP contribution in [0.3, 0.4) is 0 Å². The Labute approximate surface area is 127 Å². The van der Waals surface area contributed by atoms with Gasteiger partial charge in [0.05, 0.1) is 0 Å². The number of carbonyl (C=O) groups excluding carboxylic acids is 2. The Morgan fingerprint density at radius 2 is 1.55 bits per heavy atom. The molecule has 0 spiro atoms. The lowest BCUT2D eigenvalue weighted by Gasteiger charge is -2.22. The van der Waals surface area contributed by atoms with Crippen LogP contribution in [0, 0.1) is 11.8 Å². The lowest BCUT2D eigenvalue weighted by molar-refractivity contribution is -0.126. The molecule has 2 N–H and O–H groups in total. The van der Waals surface area contributed by atoms with Crippen LogP contribution in [0.2, 0.25) is 0 Å². The molecule has 0 aromatic heterocycles. The summed E-state index contributed by atoms with van der Waals surface area (Å²) in [5.74, 6) is 0.982. The normalized spacial score (nSPS) is 26.6. The van der Waals surface area contributed by atoms with Gasteiger partial charge in [-0.2, -0.15) is 0 Å². The second-order valence-electron chi connectivity index (χ2n) is 5.89. The van der Waals surface area contributed by atoms with Gasteiger partial charge in [0, 0.05) is 31.1 Å². The zero-order valence-corrected chi connectivity index (χ0v) is 13.6. The number of hydrogen-bond donors (Lipinski definition) is 1. The van der Waals surface area contributed by atoms with Gasteiger partial charge in [-0.25, -0.2) is 0 Å². The van der Waals surface area contributed by atoms with Crippen LogP contribution in [0.4, 0.5) is 0 Å². The first kappa shape index (κ1) is 17.7. The van der Waals surface area contributed by atoms with Gasteiger partial charge in [-0.1, -0.05) is 56.7 Å². The summed E-state index contributed by atoms with van der Waals surface area (Å²) in [7, 11) is 0. The fourth-order valence-electron chi connectivity index (χ4n) is 2.90. The molecule has 0 aromatic rings. The molecule has 116 valence electrons. The minimum absolute atomic E-state index is 0.00647. The summed E-state index contributed by atoms with van der Waals surface area (Å²) in [6.07, 6.45) is 10.4. The van der Waals surface area contributed by atoms with Crippen molar-refractivity contribution in [1.82, 2.24) is 0 Å². The maximum absolute atomic E-state index is 12.6. The topological polar surface area (TPSA) is 60.2 Å². The molecule has 2 unspecified atom stereocenters. The standard InChI is InChI=1S/C16H29NO2S/c1-13(18)20-12-15-10-8-6-4-2-3-5-7-9-14(11-17)16(15)19/h14-15H,2-12,17H2,1H3. The van der Waals surface area contributed by atoms with Crippen LogP contribution >= 0.6 is 11.8 Å². The van der Waals surface area contributed by atoms with Gasteiger partial charge in [0.25, 0.3) is 0 Å². The van der Waals surface area contributed by atoms with Crippen molar-refractivity contribution in [2.45, 2.75) is 64.7 Å². The van der Waals surface area contributed by atoms with Crippen molar-refractivity contribution in [3.8, 4) is 0 Å². The molecule has 1 fully saturated rings. The first-order valence-corrected chi connectivity index (χ1v) is 9.01. The summed E-state index contributed by atoms with van der Waals surface area (Å²) in [6.45, 7) is 2.03. The van der Waals surface area contributed by atoms with E-state index >= 15 is 0 Å². The summed E-state index contributed by atoms with van der Waals surface area (Å²) >= 11 is 1.29. The van der Waals surface area contributed by atoms with E-state index in [1.54, 1.807) is 6.92 Å². The van der Waals surface area contributed by atoms with Crippen LogP contribution in [-0.4, -0.2) is 23.2 Å². The van der Waals surface area contributed by atoms with Crippen LogP contribution in [-0.2, 0) is 9.59 Å². The molecule has 20 heavy (non-hydrogen) atoms. The Hall–Kier alpha value is -0.350. The maximum atomic E-state index is 12.6. The van der Waals surface area contributed by atoms with Gasteiger partial charge >= 0.3 is 0 Å². The molecule has 1 saturated carbocycles. The highest BCUT2D eigenvalue weighted by atomic mass is 32.2. The molecular weight excluding hydrogens is 270 g/mol. The second-order valence-corrected chi connectivity index (χ2v) is 7.08. The molecule has 0 bridgehead atoms. The van der Waals surface area contributed by atoms with Crippen LogP contribution < -0.4 is 5.73 Å². The molecule has 1 aliphatic rings. The number of hydrogen-bond acceptors (Lipinski definition) is 4. The summed E-state index contributed by atoms with van der Waals surface area (Å²) in [4.78, 5) is 23.7. The number of thioether (sulfide) groups is 1. The zero-order chi connectivity index (χ0) is 14.8. The third kappa shape index (κ3) is 6.89. The zero-order valence-electron chi connectivity index (χ0n) is 12.7. The van der Waals surface area contributed by atoms with E-state index in [0.717, 1.165) is 25.7 Å². The monoisotopic (exact) mass is 299 g/mol. The smallest absolute Gasteiger partial charge is 0.185 e. The van der Waals surface area contributed by atoms with E-state index in [1.807, 2.05) is 0 Å². The van der Waals surface area contributed by atoms with E-state index in [4.69, 9.17) is 5.73 Å². The van der Waals surface area contributed by atoms with Crippen molar-refractivity contribution in [1.29, 1.82) is 0 Å². The molecule has 3 nitrogen and oxygen atoms in total. The molecule has 0 saturated heterocycles. The highest BCUT2D eigenvalue weighted by Crippen LogP contribution is 2.24. The Morgan fingerprint density at radius 3 is 2.05 bits per heavy atom. The van der Waals surface area contributed by atoms with Crippen molar-refractivity contribution in [2.75, 3.05) is 12.3 Å². The van der Waals surface area contributed by atoms with Crippen molar-refractivity contribution in [3.63, 3.8) is 0 Å². The molecule has 0 aromatic carbocycles. The first-order chi connectivity index (χ1) is 9.65. The second kappa shape index (κ2) is 10.4. The highest BCUT2D eigenvalue weighted by molar-refractivity contribution is 8.13. The van der Waals surface area contributed by atoms with Gasteiger partial charge < -0.3 is 5.73 Å². The Morgan fingerprint density at radius 1 is 1.05 bits per heavy atom. The highest BCUT2D eigenvalue weighted by Gasteiger charge is 2.26. The number of Topliss-reactive ketones (excluding diaryl/α,β-unsaturated/α-hetero) is 1. The third-order valence-electron chi connectivity index (χ3n) is 4.18. The molecule has 0 amide bonds. The largest absolute Gasteiger partial charge is 0.330 e. The minimum Gasteiger partial charge on any atom is -0.330 e. The molecule has 4 heteroatoms. The van der Waals surface area contributed by atoms with Crippen LogP contribution in [0.25, 0.3) is 0 Å². The Kier molecular flexibility index (Phi) is 9.19. The number of nitrogens with two attached hydrogens (primary N) is 1. The van der Waals surface area contributed by atoms with Crippen LogP contribution in [0.1, 0.15) is 64.7 Å². The number of rotatable bonds is 3. The SMILES string of the molecule is CC(=O)SCC1CCCCCCCCCC(CN)C1=O. The minimum atomic E-state index is 0.00647. The van der Waals surface area contributed by atoms with Crippen LogP contribution in [0.5, 0.6) is 0 Å². The molecule has 0 heterocycles. The van der Waals surface area contributed by atoms with E-state index in [9.17, 15) is 9.59 Å². The predicted molar refractivity (Wildman–Crippen MR) is 85.7 cm³/mol. The average Bonchev–Trinajstić information content (AvgIpc) is 2.42. The average molecular weight is 299 g/mol. The van der Waals surface area contributed by atoms with Crippen molar-refractivity contribution < 1.29 is 9.59 Å². The van der Waals surface area contributed by atoms with Gasteiger partial charge in [-0.15, -0.1) is 0 Å². The fourth-order valence-corrected chi connectivity index (χ4v) is 3.67. The lowest BCUT2D eigenvalue weighted by atomic mass is 9.86. The fraction of sp³-hybridized carbons (Fsp3) is 0.875. The lowest BCUT2D eigenvalue weighted by Crippen LogP contribution is -2.31. The predicted octanol–water partition coefficient (Wildman–Crippen LogP) is 3.55. The van der Waals surface area contributed by atoms with E-state index in [-0.39, 0.29) is 17.0 Å². The number of carbonyl (C=O) groups is 2. The summed E-state index contributed by atoms with van der Waals surface area (Å²) in [5.41, 5.74) is 5.80. The summed E-state index contributed by atoms with van der Waals surface area (Å²) in [5, 5.41) is 0.105. The Bertz CT molecular complexity index is 307. The van der Waals surface area contributed by atoms with Gasteiger partial charge in [0.2, 0.25) is 0 Å². The van der Waals surface area contributed by atoms with Gasteiger partial charge in [0.1, 0.15) is 5.78 Å². The molecular formula is C16H29NO2S. The van der Waals surface area contributed by atoms with E-state index in [2.05, 4.69) is 0 Å². The van der Waals surface area contributed by atoms with Crippen molar-refractivity contribution in [2.24, 2.45) is 17.6 Å². The van der Waals surface area contributed by atoms with Gasteiger partial charge in [0.15, 0.2) is 5.12 Å². The quantitative estimate of drug-likeness (QED) is 0.865. The molecule has 0 radical (unpaired) electrons. The van der Waals surface area contributed by atoms with Crippen LogP contribution in [0.15, 0.2) is 0 Å². The molecule has 1 rings (SSSR count). The molecule has 2 atom stereocenters. The number of ketones is 1. The van der Waals surface area contributed by atoms with E-state index in [0.29, 0.717) is 18.1 Å². The van der Waals surface area contributed by atoms with Gasteiger partial charge in [-0.05, 0) is 12.8 Å². The molecule has 0 aliphatic heterocycles. The van der Waals surface area contributed by atoms with Gasteiger partial charge in [-0.3, -0.25) is 9.59 Å². The summed E-state index contributed by atoms with van der Waals surface area (Å²) < 4.78 is 0. The third-order valence-corrected chi connectivity index (χ3v) is 5.16. The van der Waals surface area contributed by atoms with Crippen molar-refractivity contribution in [3.05, 3.63) is 0 Å². The summed E-state index contributed by atoms with van der Waals surface area (Å²) in [6, 6.07) is 0. The maximum Gasteiger partial charge on any atom is 0.185 e. The first-order valence-electron chi connectivity index (χ1n) is 8.02.